The van der Waals surface area contributed by atoms with E-state index in [2.05, 4.69) is 10.6 Å². The Morgan fingerprint density at radius 3 is 2.65 bits per heavy atom. The van der Waals surface area contributed by atoms with Crippen molar-refractivity contribution in [2.24, 2.45) is 0 Å². The second kappa shape index (κ2) is 7.39. The van der Waals surface area contributed by atoms with Crippen LogP contribution in [0.1, 0.15) is 43.2 Å². The number of carbonyl (C=O) groups is 1. The fraction of sp³-hybridized carbons (Fsp3) is 0.500. The van der Waals surface area contributed by atoms with Crippen molar-refractivity contribution in [1.29, 1.82) is 0 Å². The van der Waals surface area contributed by atoms with E-state index in [1.54, 1.807) is 0 Å². The topological polar surface area (TPSA) is 41.1 Å². The summed E-state index contributed by atoms with van der Waals surface area (Å²) < 4.78 is 0. The number of hydrogen-bond donors (Lipinski definition) is 2. The predicted molar refractivity (Wildman–Crippen MR) is 85.6 cm³/mol. The van der Waals surface area contributed by atoms with Gasteiger partial charge in [0.1, 0.15) is 0 Å². The van der Waals surface area contributed by atoms with Crippen LogP contribution in [-0.2, 0) is 11.2 Å². The van der Waals surface area contributed by atoms with Crippen LogP contribution < -0.4 is 10.6 Å². The fourth-order valence-corrected chi connectivity index (χ4v) is 2.90. The first kappa shape index (κ1) is 15.0. The van der Waals surface area contributed by atoms with E-state index in [1.165, 1.54) is 19.3 Å². The zero-order chi connectivity index (χ0) is 14.4. The highest BCUT2D eigenvalue weighted by molar-refractivity contribution is 7.80. The van der Waals surface area contributed by atoms with Gasteiger partial charge in [0.15, 0.2) is 5.11 Å². The summed E-state index contributed by atoms with van der Waals surface area (Å²) in [7, 11) is 0. The number of hydrogen-bond acceptors (Lipinski definition) is 2. The van der Waals surface area contributed by atoms with Gasteiger partial charge in [-0.15, -0.1) is 0 Å². The molecular weight excluding hydrogens is 268 g/mol. The van der Waals surface area contributed by atoms with Gasteiger partial charge in [0, 0.05) is 6.04 Å². The number of thiocarbonyl (C=S) groups is 1. The maximum absolute atomic E-state index is 12.0. The van der Waals surface area contributed by atoms with Crippen molar-refractivity contribution >= 4 is 23.2 Å². The van der Waals surface area contributed by atoms with E-state index in [4.69, 9.17) is 12.2 Å². The summed E-state index contributed by atoms with van der Waals surface area (Å²) in [5.41, 5.74) is 2.18. The lowest BCUT2D eigenvalue weighted by Crippen LogP contribution is -2.45. The minimum Gasteiger partial charge on any atom is -0.360 e. The average Bonchev–Trinajstić information content (AvgIpc) is 2.42. The molecule has 2 rings (SSSR count). The molecule has 0 saturated heterocycles. The van der Waals surface area contributed by atoms with Crippen LogP contribution in [0, 0.1) is 6.92 Å². The number of benzene rings is 1. The van der Waals surface area contributed by atoms with E-state index >= 15 is 0 Å². The van der Waals surface area contributed by atoms with Gasteiger partial charge < -0.3 is 10.6 Å². The molecule has 1 saturated carbocycles. The van der Waals surface area contributed by atoms with E-state index in [9.17, 15) is 4.79 Å². The summed E-state index contributed by atoms with van der Waals surface area (Å²) in [6.45, 7) is 2.02. The molecule has 0 heterocycles. The molecule has 1 aromatic carbocycles. The molecule has 0 aromatic heterocycles. The van der Waals surface area contributed by atoms with Crippen LogP contribution in [-0.4, -0.2) is 17.1 Å². The van der Waals surface area contributed by atoms with Crippen molar-refractivity contribution in [1.82, 2.24) is 10.6 Å². The summed E-state index contributed by atoms with van der Waals surface area (Å²) >= 11 is 5.22. The average molecular weight is 290 g/mol. The highest BCUT2D eigenvalue weighted by atomic mass is 32.1. The van der Waals surface area contributed by atoms with Crippen LogP contribution >= 0.6 is 12.2 Å². The highest BCUT2D eigenvalue weighted by Gasteiger charge is 2.15. The van der Waals surface area contributed by atoms with Gasteiger partial charge in [-0.1, -0.05) is 43.5 Å². The first-order valence-electron chi connectivity index (χ1n) is 7.30. The van der Waals surface area contributed by atoms with Crippen LogP contribution in [0.5, 0.6) is 0 Å². The van der Waals surface area contributed by atoms with E-state index in [0.29, 0.717) is 17.6 Å². The second-order valence-electron chi connectivity index (χ2n) is 5.46. The number of amides is 1. The van der Waals surface area contributed by atoms with Crippen LogP contribution in [0.4, 0.5) is 0 Å². The third-order valence-electron chi connectivity index (χ3n) is 3.81. The standard InChI is InChI=1S/C16H22N2OS/c1-12-7-5-6-8-13(12)11-15(19)18-16(20)17-14-9-3-2-4-10-14/h5-8,14H,2-4,9-11H2,1H3,(H2,17,18,19,20). The fourth-order valence-electron chi connectivity index (χ4n) is 2.62. The minimum absolute atomic E-state index is 0.0485. The quantitative estimate of drug-likeness (QED) is 0.841. The third kappa shape index (κ3) is 4.60. The molecule has 1 aliphatic rings. The van der Waals surface area contributed by atoms with Gasteiger partial charge in [0.25, 0.3) is 0 Å². The van der Waals surface area contributed by atoms with Crippen LogP contribution in [0.2, 0.25) is 0 Å². The first-order valence-corrected chi connectivity index (χ1v) is 7.71. The molecule has 108 valence electrons. The van der Waals surface area contributed by atoms with Crippen molar-refractivity contribution in [2.75, 3.05) is 0 Å². The van der Waals surface area contributed by atoms with Gasteiger partial charge in [-0.2, -0.15) is 0 Å². The molecule has 2 N–H and O–H groups in total. The van der Waals surface area contributed by atoms with Crippen molar-refractivity contribution in [3.8, 4) is 0 Å². The Balaban J connectivity index is 1.79. The number of aryl methyl sites for hydroxylation is 1. The summed E-state index contributed by atoms with van der Waals surface area (Å²) in [5, 5.41) is 6.50. The summed E-state index contributed by atoms with van der Waals surface area (Å²) in [6, 6.07) is 8.35. The van der Waals surface area contributed by atoms with Gasteiger partial charge in [0.05, 0.1) is 6.42 Å². The largest absolute Gasteiger partial charge is 0.360 e. The summed E-state index contributed by atoms with van der Waals surface area (Å²) in [6.07, 6.45) is 6.47. The zero-order valence-corrected chi connectivity index (χ0v) is 12.8. The Labute approximate surface area is 126 Å². The SMILES string of the molecule is Cc1ccccc1CC(=O)NC(=S)NC1CCCCC1. The van der Waals surface area contributed by atoms with E-state index in [1.807, 2.05) is 31.2 Å². The lowest BCUT2D eigenvalue weighted by Gasteiger charge is -2.24. The Bertz CT molecular complexity index is 481. The van der Waals surface area contributed by atoms with Crippen LogP contribution in [0.15, 0.2) is 24.3 Å². The Morgan fingerprint density at radius 1 is 1.25 bits per heavy atom. The molecule has 0 aliphatic heterocycles. The normalized spacial score (nSPS) is 15.7. The molecule has 1 aromatic rings. The van der Waals surface area contributed by atoms with Crippen molar-refractivity contribution in [3.63, 3.8) is 0 Å². The predicted octanol–water partition coefficient (Wildman–Crippen LogP) is 2.86. The lowest BCUT2D eigenvalue weighted by molar-refractivity contribution is -0.119. The molecule has 4 heteroatoms. The van der Waals surface area contributed by atoms with Gasteiger partial charge in [0.2, 0.25) is 5.91 Å². The Hall–Kier alpha value is -1.42. The van der Waals surface area contributed by atoms with E-state index in [-0.39, 0.29) is 5.91 Å². The molecule has 0 atom stereocenters. The number of nitrogens with one attached hydrogen (secondary N) is 2. The van der Waals surface area contributed by atoms with Gasteiger partial charge in [-0.25, -0.2) is 0 Å². The number of rotatable bonds is 3. The van der Waals surface area contributed by atoms with Gasteiger partial charge in [-0.05, 0) is 43.1 Å². The first-order chi connectivity index (χ1) is 9.65. The van der Waals surface area contributed by atoms with Crippen molar-refractivity contribution in [3.05, 3.63) is 35.4 Å². The van der Waals surface area contributed by atoms with Crippen LogP contribution in [0.25, 0.3) is 0 Å². The third-order valence-corrected chi connectivity index (χ3v) is 4.03. The molecule has 1 amide bonds. The van der Waals surface area contributed by atoms with Gasteiger partial charge in [-0.3, -0.25) is 4.79 Å². The molecule has 20 heavy (non-hydrogen) atoms. The monoisotopic (exact) mass is 290 g/mol. The maximum Gasteiger partial charge on any atom is 0.230 e. The maximum atomic E-state index is 12.0. The molecule has 0 spiro atoms. The second-order valence-corrected chi connectivity index (χ2v) is 5.87. The van der Waals surface area contributed by atoms with Crippen molar-refractivity contribution in [2.45, 2.75) is 51.5 Å². The lowest BCUT2D eigenvalue weighted by atomic mass is 9.96. The smallest absolute Gasteiger partial charge is 0.230 e. The van der Waals surface area contributed by atoms with Crippen LogP contribution in [0.3, 0.4) is 0 Å². The molecular formula is C16H22N2OS. The molecule has 1 aliphatic carbocycles. The number of carbonyl (C=O) groups excluding carboxylic acids is 1. The highest BCUT2D eigenvalue weighted by Crippen LogP contribution is 2.17. The minimum atomic E-state index is -0.0485. The Kier molecular flexibility index (Phi) is 5.53. The summed E-state index contributed by atoms with van der Waals surface area (Å²) in [5.74, 6) is -0.0485. The zero-order valence-electron chi connectivity index (χ0n) is 11.9. The Morgan fingerprint density at radius 2 is 1.95 bits per heavy atom. The van der Waals surface area contributed by atoms with E-state index < -0.39 is 0 Å². The van der Waals surface area contributed by atoms with Gasteiger partial charge >= 0.3 is 0 Å². The molecule has 0 unspecified atom stereocenters. The molecule has 0 bridgehead atoms. The molecule has 1 fully saturated rings. The van der Waals surface area contributed by atoms with E-state index in [0.717, 1.165) is 24.0 Å². The summed E-state index contributed by atoms with van der Waals surface area (Å²) in [4.78, 5) is 12.0. The van der Waals surface area contributed by atoms with Crippen molar-refractivity contribution < 1.29 is 4.79 Å². The molecule has 3 nitrogen and oxygen atoms in total. The molecule has 0 radical (unpaired) electrons.